The zero-order valence-corrected chi connectivity index (χ0v) is 13.0. The van der Waals surface area contributed by atoms with Gasteiger partial charge >= 0.3 is 5.69 Å². The molecule has 0 fully saturated rings. The summed E-state index contributed by atoms with van der Waals surface area (Å²) in [5.41, 5.74) is -0.720. The molecule has 1 heterocycles. The molecular formula is C16H24N2O4. The molecule has 0 atom stereocenters. The molecule has 0 aliphatic carbocycles. The van der Waals surface area contributed by atoms with E-state index in [4.69, 9.17) is 10.2 Å². The van der Waals surface area contributed by atoms with Crippen molar-refractivity contribution in [3.05, 3.63) is 32.6 Å². The van der Waals surface area contributed by atoms with Crippen molar-refractivity contribution in [3.63, 3.8) is 0 Å². The number of rotatable bonds is 8. The molecule has 3 N–H and O–H groups in total. The van der Waals surface area contributed by atoms with Gasteiger partial charge in [0.05, 0.1) is 0 Å². The second-order valence-corrected chi connectivity index (χ2v) is 5.27. The first-order valence-electron chi connectivity index (χ1n) is 7.66. The summed E-state index contributed by atoms with van der Waals surface area (Å²) in [5, 5.41) is 18.1. The Morgan fingerprint density at radius 1 is 1.27 bits per heavy atom. The molecule has 1 aromatic heterocycles. The average Bonchev–Trinajstić information content (AvgIpc) is 2.51. The number of H-pyrrole nitrogens is 1. The van der Waals surface area contributed by atoms with Gasteiger partial charge in [-0.25, -0.2) is 4.79 Å². The quantitative estimate of drug-likeness (QED) is 0.480. The Balaban J connectivity index is 2.81. The van der Waals surface area contributed by atoms with Gasteiger partial charge in [-0.05, 0) is 12.8 Å². The van der Waals surface area contributed by atoms with Crippen LogP contribution in [0.1, 0.15) is 44.6 Å². The highest BCUT2D eigenvalue weighted by Crippen LogP contribution is 2.02. The van der Waals surface area contributed by atoms with E-state index in [1.165, 1.54) is 10.8 Å². The summed E-state index contributed by atoms with van der Waals surface area (Å²) in [6, 6.07) is 0. The minimum atomic E-state index is -0.504. The van der Waals surface area contributed by atoms with Crippen molar-refractivity contribution in [3.8, 4) is 11.8 Å². The lowest BCUT2D eigenvalue weighted by atomic mass is 10.1. The summed E-state index contributed by atoms with van der Waals surface area (Å²) >= 11 is 0. The maximum absolute atomic E-state index is 11.7. The molecule has 0 radical (unpaired) electrons. The lowest BCUT2D eigenvalue weighted by Gasteiger charge is -2.11. The van der Waals surface area contributed by atoms with Crippen molar-refractivity contribution in [2.24, 2.45) is 5.92 Å². The minimum absolute atomic E-state index is 0.140. The maximum atomic E-state index is 11.7. The summed E-state index contributed by atoms with van der Waals surface area (Å²) in [5.74, 6) is 5.47. The van der Waals surface area contributed by atoms with Gasteiger partial charge in [0.15, 0.2) is 0 Å². The molecule has 0 amide bonds. The molecule has 1 aromatic rings. The number of aliphatic hydroxyl groups is 2. The fourth-order valence-electron chi connectivity index (χ4n) is 1.95. The smallest absolute Gasteiger partial charge is 0.328 e. The third-order valence-corrected chi connectivity index (χ3v) is 3.43. The van der Waals surface area contributed by atoms with Crippen LogP contribution in [0.15, 0.2) is 15.8 Å². The maximum Gasteiger partial charge on any atom is 0.328 e. The van der Waals surface area contributed by atoms with Gasteiger partial charge in [0, 0.05) is 38.3 Å². The van der Waals surface area contributed by atoms with Gasteiger partial charge in [-0.15, -0.1) is 0 Å². The highest BCUT2D eigenvalue weighted by molar-refractivity contribution is 5.29. The zero-order valence-electron chi connectivity index (χ0n) is 13.0. The summed E-state index contributed by atoms with van der Waals surface area (Å²) in [6.07, 6.45) is 5.83. The van der Waals surface area contributed by atoms with Crippen molar-refractivity contribution >= 4 is 0 Å². The van der Waals surface area contributed by atoms with Gasteiger partial charge in [0.2, 0.25) is 0 Å². The first kappa shape index (κ1) is 18.2. The minimum Gasteiger partial charge on any atom is -0.396 e. The Hall–Kier alpha value is -1.84. The highest BCUT2D eigenvalue weighted by atomic mass is 16.3. The van der Waals surface area contributed by atoms with Crippen molar-refractivity contribution < 1.29 is 10.2 Å². The number of hydrogen-bond acceptors (Lipinski definition) is 4. The molecule has 0 saturated heterocycles. The van der Waals surface area contributed by atoms with E-state index in [0.29, 0.717) is 13.0 Å². The van der Waals surface area contributed by atoms with Crippen LogP contribution in [-0.2, 0) is 6.54 Å². The normalized spacial score (nSPS) is 10.5. The Labute approximate surface area is 129 Å². The Morgan fingerprint density at radius 2 is 2.00 bits per heavy atom. The molecule has 0 bridgehead atoms. The van der Waals surface area contributed by atoms with Crippen molar-refractivity contribution in [2.75, 3.05) is 13.2 Å². The van der Waals surface area contributed by atoms with Crippen LogP contribution in [0.25, 0.3) is 0 Å². The van der Waals surface area contributed by atoms with Crippen LogP contribution in [0, 0.1) is 17.8 Å². The van der Waals surface area contributed by atoms with E-state index in [2.05, 4.69) is 23.7 Å². The summed E-state index contributed by atoms with van der Waals surface area (Å²) in [7, 11) is 0. The number of aromatic nitrogens is 2. The monoisotopic (exact) mass is 308 g/mol. The Bertz CT molecular complexity index is 618. The number of hydrogen-bond donors (Lipinski definition) is 3. The summed E-state index contributed by atoms with van der Waals surface area (Å²) < 4.78 is 1.36. The van der Waals surface area contributed by atoms with Gasteiger partial charge in [-0.2, -0.15) is 0 Å². The number of aryl methyl sites for hydroxylation is 1. The number of unbranched alkanes of at least 4 members (excludes halogenated alkanes) is 3. The molecule has 0 unspecified atom stereocenters. The molecule has 1 rings (SSSR count). The third kappa shape index (κ3) is 5.88. The molecule has 6 heteroatoms. The van der Waals surface area contributed by atoms with Crippen molar-refractivity contribution in [1.82, 2.24) is 9.55 Å². The fraction of sp³-hybridized carbons (Fsp3) is 0.625. The number of nitrogens with one attached hydrogen (secondary N) is 1. The topological polar surface area (TPSA) is 95.3 Å². The van der Waals surface area contributed by atoms with Crippen LogP contribution in [0.2, 0.25) is 0 Å². The van der Waals surface area contributed by atoms with E-state index in [1.807, 2.05) is 0 Å². The third-order valence-electron chi connectivity index (χ3n) is 3.43. The predicted molar refractivity (Wildman–Crippen MR) is 84.6 cm³/mol. The average molecular weight is 308 g/mol. The second kappa shape index (κ2) is 9.98. The molecular weight excluding hydrogens is 284 g/mol. The Morgan fingerprint density at radius 3 is 2.64 bits per heavy atom. The van der Waals surface area contributed by atoms with Gasteiger partial charge in [-0.1, -0.05) is 31.6 Å². The van der Waals surface area contributed by atoms with Crippen LogP contribution in [0.3, 0.4) is 0 Å². The standard InChI is InChI=1S/C16H24N2O4/c1-2-3-4-5-6-7-14-10-18(16(22)17-15(14)21)9-8-13(11-19)12-20/h10,13,19-20H,2-5,8-9,11-12H2,1H3,(H,17,21,22). The molecule has 6 nitrogen and oxygen atoms in total. The van der Waals surface area contributed by atoms with E-state index in [-0.39, 0.29) is 24.7 Å². The second-order valence-electron chi connectivity index (χ2n) is 5.27. The Kier molecular flexibility index (Phi) is 8.26. The summed E-state index contributed by atoms with van der Waals surface area (Å²) in [4.78, 5) is 25.7. The molecule has 0 saturated carbocycles. The van der Waals surface area contributed by atoms with E-state index >= 15 is 0 Å². The fourth-order valence-corrected chi connectivity index (χ4v) is 1.95. The van der Waals surface area contributed by atoms with Gasteiger partial charge in [0.1, 0.15) is 5.56 Å². The van der Waals surface area contributed by atoms with Crippen molar-refractivity contribution in [1.29, 1.82) is 0 Å². The lowest BCUT2D eigenvalue weighted by Crippen LogP contribution is -2.32. The SMILES string of the molecule is CCCCCC#Cc1cn(CCC(CO)CO)c(=O)[nH]c1=O. The van der Waals surface area contributed by atoms with Crippen LogP contribution < -0.4 is 11.2 Å². The lowest BCUT2D eigenvalue weighted by molar-refractivity contribution is 0.140. The van der Waals surface area contributed by atoms with Gasteiger partial charge < -0.3 is 10.2 Å². The van der Waals surface area contributed by atoms with Crippen LogP contribution >= 0.6 is 0 Å². The van der Waals surface area contributed by atoms with E-state index in [9.17, 15) is 9.59 Å². The summed E-state index contributed by atoms with van der Waals surface area (Å²) in [6.45, 7) is 2.14. The first-order valence-corrected chi connectivity index (χ1v) is 7.66. The van der Waals surface area contributed by atoms with Crippen LogP contribution in [0.5, 0.6) is 0 Å². The van der Waals surface area contributed by atoms with Crippen LogP contribution in [0.4, 0.5) is 0 Å². The molecule has 0 aromatic carbocycles. The zero-order chi connectivity index (χ0) is 16.4. The molecule has 22 heavy (non-hydrogen) atoms. The van der Waals surface area contributed by atoms with E-state index in [1.54, 1.807) is 0 Å². The number of aliphatic hydroxyl groups excluding tert-OH is 2. The van der Waals surface area contributed by atoms with Crippen molar-refractivity contribution in [2.45, 2.75) is 45.6 Å². The largest absolute Gasteiger partial charge is 0.396 e. The van der Waals surface area contributed by atoms with E-state index in [0.717, 1.165) is 25.7 Å². The van der Waals surface area contributed by atoms with Gasteiger partial charge in [-0.3, -0.25) is 14.3 Å². The molecule has 0 aliphatic heterocycles. The first-order chi connectivity index (χ1) is 10.6. The molecule has 0 aliphatic rings. The van der Waals surface area contributed by atoms with Gasteiger partial charge in [0.25, 0.3) is 5.56 Å². The highest BCUT2D eigenvalue weighted by Gasteiger charge is 2.08. The predicted octanol–water partition coefficient (Wildman–Crippen LogP) is 0.459. The van der Waals surface area contributed by atoms with E-state index < -0.39 is 11.2 Å². The number of nitrogens with zero attached hydrogens (tertiary/aromatic N) is 1. The molecule has 0 spiro atoms. The molecule has 122 valence electrons. The number of aromatic amines is 1. The van der Waals surface area contributed by atoms with Crippen LogP contribution in [-0.4, -0.2) is 33.0 Å².